The molecule has 2 aliphatic rings. The van der Waals surface area contributed by atoms with Gasteiger partial charge in [-0.1, -0.05) is 45.9 Å². The highest BCUT2D eigenvalue weighted by molar-refractivity contribution is 8.05. The molecule has 27 heavy (non-hydrogen) atoms. The zero-order valence-corrected chi connectivity index (χ0v) is 17.6. The highest BCUT2D eigenvalue weighted by Gasteiger charge is 2.26. The van der Waals surface area contributed by atoms with E-state index in [0.29, 0.717) is 23.3 Å². The standard InChI is InChI=1S/C21H31N3O2S/c1-15(2)13-24(14-16(3)4)11-7-10-22-20(25)12-19-21(26)23-17-8-5-6-9-18(17)27-19/h5-6,8-9,12,15-16,18H,7,10-11,13-14H2,1-4H3,(H,22,25)/b19-12-. The zero-order valence-electron chi connectivity index (χ0n) is 16.8. The van der Waals surface area contributed by atoms with Crippen LogP contribution in [0.2, 0.25) is 0 Å². The van der Waals surface area contributed by atoms with Crippen LogP contribution in [0.4, 0.5) is 0 Å². The van der Waals surface area contributed by atoms with E-state index in [4.69, 9.17) is 0 Å². The highest BCUT2D eigenvalue weighted by atomic mass is 32.2. The molecule has 0 fully saturated rings. The predicted molar refractivity (Wildman–Crippen MR) is 114 cm³/mol. The van der Waals surface area contributed by atoms with Crippen molar-refractivity contribution >= 4 is 29.3 Å². The van der Waals surface area contributed by atoms with Gasteiger partial charge in [0.2, 0.25) is 5.91 Å². The molecule has 1 aliphatic heterocycles. The fraction of sp³-hybridized carbons (Fsp3) is 0.571. The van der Waals surface area contributed by atoms with Crippen LogP contribution in [-0.2, 0) is 9.59 Å². The van der Waals surface area contributed by atoms with Crippen LogP contribution >= 0.6 is 11.8 Å². The summed E-state index contributed by atoms with van der Waals surface area (Å²) in [7, 11) is 0. The Morgan fingerprint density at radius 1 is 1.26 bits per heavy atom. The first-order valence-electron chi connectivity index (χ1n) is 9.71. The van der Waals surface area contributed by atoms with Crippen LogP contribution in [-0.4, -0.2) is 53.9 Å². The van der Waals surface area contributed by atoms with Crippen molar-refractivity contribution in [3.63, 3.8) is 0 Å². The van der Waals surface area contributed by atoms with E-state index in [9.17, 15) is 9.59 Å². The third kappa shape index (κ3) is 7.46. The summed E-state index contributed by atoms with van der Waals surface area (Å²) in [4.78, 5) is 31.2. The number of nitrogens with one attached hydrogen (secondary N) is 1. The number of amides is 2. The molecule has 1 unspecified atom stereocenters. The van der Waals surface area contributed by atoms with Gasteiger partial charge in [0.05, 0.1) is 15.9 Å². The molecule has 0 aromatic heterocycles. The lowest BCUT2D eigenvalue weighted by Crippen LogP contribution is -2.34. The van der Waals surface area contributed by atoms with Crippen molar-refractivity contribution in [3.8, 4) is 0 Å². The Bertz CT molecular complexity index is 652. The Balaban J connectivity index is 1.79. The fourth-order valence-corrected chi connectivity index (χ4v) is 4.16. The quantitative estimate of drug-likeness (QED) is 0.486. The van der Waals surface area contributed by atoms with E-state index in [-0.39, 0.29) is 17.1 Å². The number of aliphatic imine (C=N–C) groups is 1. The molecular weight excluding hydrogens is 358 g/mol. The average molecular weight is 390 g/mol. The normalized spacial score (nSPS) is 20.6. The molecule has 0 aromatic carbocycles. The van der Waals surface area contributed by atoms with Crippen LogP contribution in [0.1, 0.15) is 34.1 Å². The lowest BCUT2D eigenvalue weighted by atomic mass is 10.1. The molecule has 0 radical (unpaired) electrons. The van der Waals surface area contributed by atoms with Crippen LogP contribution in [0.25, 0.3) is 0 Å². The van der Waals surface area contributed by atoms with E-state index in [2.05, 4.69) is 42.9 Å². The lowest BCUT2D eigenvalue weighted by Gasteiger charge is -2.26. The van der Waals surface area contributed by atoms with E-state index in [1.54, 1.807) is 0 Å². The maximum absolute atomic E-state index is 12.2. The summed E-state index contributed by atoms with van der Waals surface area (Å²) < 4.78 is 0. The van der Waals surface area contributed by atoms with Gasteiger partial charge in [-0.15, -0.1) is 11.8 Å². The Morgan fingerprint density at radius 3 is 2.63 bits per heavy atom. The van der Waals surface area contributed by atoms with Gasteiger partial charge >= 0.3 is 0 Å². The second-order valence-electron chi connectivity index (χ2n) is 7.82. The number of carbonyl (C=O) groups excluding carboxylic acids is 2. The van der Waals surface area contributed by atoms with Crippen LogP contribution < -0.4 is 5.32 Å². The van der Waals surface area contributed by atoms with Crippen LogP contribution in [0.5, 0.6) is 0 Å². The first kappa shape index (κ1) is 21.6. The maximum Gasteiger partial charge on any atom is 0.283 e. The molecule has 5 nitrogen and oxygen atoms in total. The molecular formula is C21H31N3O2S. The van der Waals surface area contributed by atoms with Gasteiger partial charge in [0.1, 0.15) is 0 Å². The number of carbonyl (C=O) groups is 2. The number of rotatable bonds is 9. The fourth-order valence-electron chi connectivity index (χ4n) is 3.14. The minimum Gasteiger partial charge on any atom is -0.352 e. The predicted octanol–water partition coefficient (Wildman–Crippen LogP) is 3.20. The molecule has 6 heteroatoms. The molecule has 1 heterocycles. The summed E-state index contributed by atoms with van der Waals surface area (Å²) in [5.74, 6) is 0.707. The van der Waals surface area contributed by atoms with Crippen LogP contribution in [0.3, 0.4) is 0 Å². The zero-order chi connectivity index (χ0) is 19.8. The number of thioether (sulfide) groups is 1. The summed E-state index contributed by atoms with van der Waals surface area (Å²) in [5, 5.41) is 2.92. The van der Waals surface area contributed by atoms with E-state index in [1.807, 2.05) is 24.3 Å². The molecule has 1 aliphatic carbocycles. The van der Waals surface area contributed by atoms with Gasteiger partial charge in [-0.05, 0) is 30.9 Å². The number of hydrogen-bond acceptors (Lipinski definition) is 4. The van der Waals surface area contributed by atoms with E-state index in [0.717, 1.165) is 31.8 Å². The van der Waals surface area contributed by atoms with Crippen molar-refractivity contribution in [1.82, 2.24) is 10.2 Å². The van der Waals surface area contributed by atoms with Gasteiger partial charge in [-0.25, -0.2) is 4.99 Å². The largest absolute Gasteiger partial charge is 0.352 e. The minimum atomic E-state index is -0.332. The van der Waals surface area contributed by atoms with E-state index in [1.165, 1.54) is 17.8 Å². The van der Waals surface area contributed by atoms with Gasteiger partial charge in [0.25, 0.3) is 5.91 Å². The number of hydrogen-bond donors (Lipinski definition) is 1. The Labute approximate surface area is 167 Å². The van der Waals surface area contributed by atoms with Crippen molar-refractivity contribution in [2.24, 2.45) is 16.8 Å². The first-order valence-corrected chi connectivity index (χ1v) is 10.6. The molecule has 0 saturated carbocycles. The summed E-state index contributed by atoms with van der Waals surface area (Å²) in [6, 6.07) is 0. The first-order chi connectivity index (χ1) is 12.8. The highest BCUT2D eigenvalue weighted by Crippen LogP contribution is 2.31. The number of fused-ring (bicyclic) bond motifs is 1. The molecule has 1 N–H and O–H groups in total. The lowest BCUT2D eigenvalue weighted by molar-refractivity contribution is -0.117. The maximum atomic E-state index is 12.2. The number of allylic oxidation sites excluding steroid dienone is 3. The average Bonchev–Trinajstić information content (AvgIpc) is 2.58. The second kappa shape index (κ2) is 10.6. The molecule has 0 spiro atoms. The third-order valence-electron chi connectivity index (χ3n) is 4.11. The summed E-state index contributed by atoms with van der Waals surface area (Å²) in [6.07, 6.45) is 9.91. The van der Waals surface area contributed by atoms with Crippen molar-refractivity contribution in [3.05, 3.63) is 35.3 Å². The summed E-state index contributed by atoms with van der Waals surface area (Å²) in [6.45, 7) is 12.6. The molecule has 0 aromatic rings. The van der Waals surface area contributed by atoms with Gasteiger partial charge in [-0.3, -0.25) is 9.59 Å². The SMILES string of the molecule is CC(C)CN(CCCNC(=O)/C=C1\SC2C=CC=CC2=NC1=O)CC(C)C. The van der Waals surface area contributed by atoms with Crippen LogP contribution in [0.15, 0.2) is 40.3 Å². The van der Waals surface area contributed by atoms with Crippen molar-refractivity contribution < 1.29 is 9.59 Å². The van der Waals surface area contributed by atoms with Gasteiger partial charge in [0, 0.05) is 25.7 Å². The van der Waals surface area contributed by atoms with Crippen molar-refractivity contribution in [1.29, 1.82) is 0 Å². The second-order valence-corrected chi connectivity index (χ2v) is 9.01. The molecule has 148 valence electrons. The summed E-state index contributed by atoms with van der Waals surface area (Å²) in [5.41, 5.74) is 0.750. The monoisotopic (exact) mass is 389 g/mol. The Kier molecular flexibility index (Phi) is 8.51. The van der Waals surface area contributed by atoms with Crippen molar-refractivity contribution in [2.75, 3.05) is 26.2 Å². The molecule has 2 rings (SSSR count). The Hall–Kier alpha value is -1.66. The van der Waals surface area contributed by atoms with Crippen LogP contribution in [0, 0.1) is 11.8 Å². The Morgan fingerprint density at radius 2 is 1.96 bits per heavy atom. The van der Waals surface area contributed by atoms with Crippen molar-refractivity contribution in [2.45, 2.75) is 39.4 Å². The third-order valence-corrected chi connectivity index (χ3v) is 5.31. The number of nitrogens with zero attached hydrogens (tertiary/aromatic N) is 2. The van der Waals surface area contributed by atoms with E-state index < -0.39 is 0 Å². The molecule has 0 bridgehead atoms. The minimum absolute atomic E-state index is 0.0207. The summed E-state index contributed by atoms with van der Waals surface area (Å²) >= 11 is 1.38. The van der Waals surface area contributed by atoms with E-state index >= 15 is 0 Å². The van der Waals surface area contributed by atoms with Gasteiger partial charge < -0.3 is 10.2 Å². The topological polar surface area (TPSA) is 61.8 Å². The molecule has 1 atom stereocenters. The van der Waals surface area contributed by atoms with Gasteiger partial charge in [0.15, 0.2) is 0 Å². The smallest absolute Gasteiger partial charge is 0.283 e. The molecule has 0 saturated heterocycles. The molecule has 2 amide bonds. The van der Waals surface area contributed by atoms with Gasteiger partial charge in [-0.2, -0.15) is 0 Å².